The third-order valence-electron chi connectivity index (χ3n) is 2.55. The Labute approximate surface area is 97.9 Å². The van der Waals surface area contributed by atoms with E-state index in [-0.39, 0.29) is 11.8 Å². The summed E-state index contributed by atoms with van der Waals surface area (Å²) in [5, 5.41) is 2.94. The highest BCUT2D eigenvalue weighted by Crippen LogP contribution is 2.17. The molecular weight excluding hydrogens is 227 g/mol. The molecular formula is C11H13FN2O3. The van der Waals surface area contributed by atoms with Gasteiger partial charge in [0.25, 0.3) is 0 Å². The summed E-state index contributed by atoms with van der Waals surface area (Å²) in [4.78, 5) is 15.1. The van der Waals surface area contributed by atoms with E-state index < -0.39 is 11.8 Å². The first-order valence-corrected chi connectivity index (χ1v) is 5.30. The molecule has 1 aromatic rings. The van der Waals surface area contributed by atoms with Crippen molar-refractivity contribution in [2.75, 3.05) is 25.6 Å². The minimum absolute atomic E-state index is 0.0771. The van der Waals surface area contributed by atoms with Gasteiger partial charge < -0.3 is 14.8 Å². The van der Waals surface area contributed by atoms with Crippen LogP contribution in [0.25, 0.3) is 0 Å². The number of halogens is 1. The van der Waals surface area contributed by atoms with E-state index >= 15 is 0 Å². The van der Waals surface area contributed by atoms with E-state index in [1.807, 2.05) is 0 Å². The van der Waals surface area contributed by atoms with E-state index in [9.17, 15) is 9.18 Å². The zero-order valence-corrected chi connectivity index (χ0v) is 9.40. The number of pyridine rings is 1. The molecule has 2 rings (SSSR count). The number of hydrogen-bond acceptors (Lipinski definition) is 5. The molecule has 92 valence electrons. The van der Waals surface area contributed by atoms with Crippen molar-refractivity contribution in [1.29, 1.82) is 0 Å². The van der Waals surface area contributed by atoms with Gasteiger partial charge in [-0.05, 0) is 6.42 Å². The van der Waals surface area contributed by atoms with Gasteiger partial charge in [0.15, 0.2) is 5.69 Å². The Balaban J connectivity index is 2.11. The predicted molar refractivity (Wildman–Crippen MR) is 58.4 cm³/mol. The minimum atomic E-state index is -0.595. The third-order valence-corrected chi connectivity index (χ3v) is 2.55. The number of ether oxygens (including phenoxy) is 2. The highest BCUT2D eigenvalue weighted by Gasteiger charge is 2.20. The number of carbonyl (C=O) groups excluding carboxylic acids is 1. The topological polar surface area (TPSA) is 60.5 Å². The third kappa shape index (κ3) is 2.71. The van der Waals surface area contributed by atoms with Gasteiger partial charge in [-0.25, -0.2) is 14.2 Å². The normalized spacial score (nSPS) is 18.4. The number of esters is 1. The van der Waals surface area contributed by atoms with Crippen LogP contribution in [0.2, 0.25) is 0 Å². The van der Waals surface area contributed by atoms with Crippen LogP contribution in [0.1, 0.15) is 16.9 Å². The number of anilines is 1. The van der Waals surface area contributed by atoms with Crippen LogP contribution in [0.4, 0.5) is 10.1 Å². The minimum Gasteiger partial charge on any atom is -0.464 e. The van der Waals surface area contributed by atoms with Crippen LogP contribution in [0, 0.1) is 5.82 Å². The van der Waals surface area contributed by atoms with E-state index in [2.05, 4.69) is 15.0 Å². The smallest absolute Gasteiger partial charge is 0.358 e. The summed E-state index contributed by atoms with van der Waals surface area (Å²) in [6.07, 6.45) is 2.06. The number of nitrogens with one attached hydrogen (secondary N) is 1. The molecule has 6 heteroatoms. The predicted octanol–water partition coefficient (Wildman–Crippen LogP) is 1.21. The Morgan fingerprint density at radius 1 is 1.76 bits per heavy atom. The Hall–Kier alpha value is -1.69. The summed E-state index contributed by atoms with van der Waals surface area (Å²) < 4.78 is 22.8. The van der Waals surface area contributed by atoms with Gasteiger partial charge in [-0.2, -0.15) is 0 Å². The van der Waals surface area contributed by atoms with Crippen molar-refractivity contribution < 1.29 is 18.7 Å². The Bertz CT molecular complexity index is 421. The maximum atomic E-state index is 13.0. The fraction of sp³-hybridized carbons (Fsp3) is 0.455. The van der Waals surface area contributed by atoms with Crippen molar-refractivity contribution in [1.82, 2.24) is 4.98 Å². The van der Waals surface area contributed by atoms with Crippen LogP contribution in [0.5, 0.6) is 0 Å². The maximum absolute atomic E-state index is 13.0. The fourth-order valence-electron chi connectivity index (χ4n) is 1.50. The van der Waals surface area contributed by atoms with Crippen LogP contribution < -0.4 is 5.32 Å². The molecule has 2 heterocycles. The first kappa shape index (κ1) is 11.8. The second-order valence-electron chi connectivity index (χ2n) is 3.70. The molecule has 1 aliphatic rings. The highest BCUT2D eigenvalue weighted by atomic mass is 19.1. The summed E-state index contributed by atoms with van der Waals surface area (Å²) in [6, 6.07) is 1.22. The maximum Gasteiger partial charge on any atom is 0.358 e. The van der Waals surface area contributed by atoms with Crippen molar-refractivity contribution in [2.24, 2.45) is 0 Å². The van der Waals surface area contributed by atoms with E-state index in [0.29, 0.717) is 12.2 Å². The van der Waals surface area contributed by atoms with Crippen molar-refractivity contribution in [3.05, 3.63) is 23.8 Å². The second kappa shape index (κ2) is 5.09. The van der Waals surface area contributed by atoms with Gasteiger partial charge in [-0.1, -0.05) is 0 Å². The summed E-state index contributed by atoms with van der Waals surface area (Å²) in [6.45, 7) is 1.27. The molecule has 0 aromatic carbocycles. The molecule has 0 spiro atoms. The average molecular weight is 240 g/mol. The van der Waals surface area contributed by atoms with Gasteiger partial charge in [0.1, 0.15) is 5.82 Å². The van der Waals surface area contributed by atoms with Crippen LogP contribution in [-0.2, 0) is 9.47 Å². The van der Waals surface area contributed by atoms with Gasteiger partial charge >= 0.3 is 5.97 Å². The Morgan fingerprint density at radius 3 is 3.12 bits per heavy atom. The Morgan fingerprint density at radius 2 is 2.53 bits per heavy atom. The van der Waals surface area contributed by atoms with Crippen molar-refractivity contribution in [3.63, 3.8) is 0 Å². The summed E-state index contributed by atoms with van der Waals surface area (Å²) in [5.74, 6) is -1.10. The second-order valence-corrected chi connectivity index (χ2v) is 3.70. The zero-order chi connectivity index (χ0) is 12.3. The van der Waals surface area contributed by atoms with Crippen LogP contribution >= 0.6 is 0 Å². The average Bonchev–Trinajstić information content (AvgIpc) is 2.26. The molecule has 0 unspecified atom stereocenters. The molecule has 1 aromatic heterocycles. The number of nitrogens with zero attached hydrogens (tertiary/aromatic N) is 1. The van der Waals surface area contributed by atoms with Crippen molar-refractivity contribution in [3.8, 4) is 0 Å². The monoisotopic (exact) mass is 240 g/mol. The highest BCUT2D eigenvalue weighted by molar-refractivity contribution is 5.93. The van der Waals surface area contributed by atoms with E-state index in [1.54, 1.807) is 0 Å². The van der Waals surface area contributed by atoms with Gasteiger partial charge in [-0.3, -0.25) is 0 Å². The summed E-state index contributed by atoms with van der Waals surface area (Å²) >= 11 is 0. The largest absolute Gasteiger partial charge is 0.464 e. The lowest BCUT2D eigenvalue weighted by atomic mass is 10.2. The lowest BCUT2D eigenvalue weighted by molar-refractivity contribution is -0.0410. The molecule has 1 fully saturated rings. The van der Waals surface area contributed by atoms with E-state index in [1.165, 1.54) is 13.2 Å². The summed E-state index contributed by atoms with van der Waals surface area (Å²) in [5.41, 5.74) is 0.403. The van der Waals surface area contributed by atoms with Gasteiger partial charge in [-0.15, -0.1) is 0 Å². The number of methoxy groups -OCH3 is 1. The van der Waals surface area contributed by atoms with Crippen LogP contribution in [-0.4, -0.2) is 37.3 Å². The quantitative estimate of drug-likeness (QED) is 0.801. The van der Waals surface area contributed by atoms with Gasteiger partial charge in [0.2, 0.25) is 0 Å². The van der Waals surface area contributed by atoms with Gasteiger partial charge in [0.05, 0.1) is 25.1 Å². The molecule has 0 aliphatic carbocycles. The fourth-order valence-corrected chi connectivity index (χ4v) is 1.50. The number of aromatic nitrogens is 1. The molecule has 5 nitrogen and oxygen atoms in total. The molecule has 1 aliphatic heterocycles. The van der Waals surface area contributed by atoms with Crippen LogP contribution in [0.15, 0.2) is 12.3 Å². The van der Waals surface area contributed by atoms with E-state index in [0.717, 1.165) is 19.2 Å². The van der Waals surface area contributed by atoms with Crippen molar-refractivity contribution in [2.45, 2.75) is 12.5 Å². The summed E-state index contributed by atoms with van der Waals surface area (Å²) in [7, 11) is 1.26. The number of hydrogen-bond donors (Lipinski definition) is 1. The SMILES string of the molecule is COC(=O)c1ncc(F)cc1NC[C@@H]1CCO1. The number of carbonyl (C=O) groups is 1. The lowest BCUT2D eigenvalue weighted by Crippen LogP contribution is -2.33. The standard InChI is InChI=1S/C11H13FN2O3/c1-16-11(15)10-9(4-7(12)5-14-10)13-6-8-2-3-17-8/h4-5,8,13H,2-3,6H2,1H3/t8-/m0/s1. The molecule has 0 amide bonds. The molecule has 0 radical (unpaired) electrons. The molecule has 0 bridgehead atoms. The number of rotatable bonds is 4. The van der Waals surface area contributed by atoms with E-state index in [4.69, 9.17) is 4.74 Å². The first-order chi connectivity index (χ1) is 8.20. The molecule has 1 N–H and O–H groups in total. The first-order valence-electron chi connectivity index (χ1n) is 5.30. The lowest BCUT2D eigenvalue weighted by Gasteiger charge is -2.27. The molecule has 1 saturated heterocycles. The Kier molecular flexibility index (Phi) is 3.53. The van der Waals surface area contributed by atoms with Gasteiger partial charge in [0, 0.05) is 19.2 Å². The van der Waals surface area contributed by atoms with Crippen LogP contribution in [0.3, 0.4) is 0 Å². The molecule has 0 saturated carbocycles. The molecule has 1 atom stereocenters. The molecule has 17 heavy (non-hydrogen) atoms. The van der Waals surface area contributed by atoms with Crippen molar-refractivity contribution >= 4 is 11.7 Å². The zero-order valence-electron chi connectivity index (χ0n) is 9.40.